The van der Waals surface area contributed by atoms with Gasteiger partial charge in [0.15, 0.2) is 0 Å². The zero-order valence-electron chi connectivity index (χ0n) is 18.3. The second kappa shape index (κ2) is 9.16. The number of fused-ring (bicyclic) bond motifs is 1. The van der Waals surface area contributed by atoms with E-state index in [1.165, 1.54) is 18.2 Å². The molecule has 0 fully saturated rings. The summed E-state index contributed by atoms with van der Waals surface area (Å²) in [6, 6.07) is 14.5. The number of carbonyl (C=O) groups is 1. The number of aryl methyl sites for hydroxylation is 2. The predicted octanol–water partition coefficient (Wildman–Crippen LogP) is 4.87. The summed E-state index contributed by atoms with van der Waals surface area (Å²) in [4.78, 5) is 23.0. The highest BCUT2D eigenvalue weighted by molar-refractivity contribution is 5.95. The van der Waals surface area contributed by atoms with E-state index in [0.29, 0.717) is 17.2 Å². The van der Waals surface area contributed by atoms with Gasteiger partial charge < -0.3 is 15.0 Å². The van der Waals surface area contributed by atoms with Crippen LogP contribution < -0.4 is 10.2 Å². The van der Waals surface area contributed by atoms with Crippen LogP contribution in [0, 0.1) is 6.92 Å². The maximum atomic E-state index is 12.0. The number of aromatic nitrogens is 2. The van der Waals surface area contributed by atoms with E-state index in [2.05, 4.69) is 45.4 Å². The van der Waals surface area contributed by atoms with Crippen LogP contribution in [0.5, 0.6) is 0 Å². The maximum Gasteiger partial charge on any atom is 0.340 e. The Labute approximate surface area is 183 Å². The summed E-state index contributed by atoms with van der Waals surface area (Å²) in [7, 11) is 3.45. The van der Waals surface area contributed by atoms with Crippen molar-refractivity contribution in [2.24, 2.45) is 0 Å². The van der Waals surface area contributed by atoms with Gasteiger partial charge in [-0.3, -0.25) is 4.98 Å². The fourth-order valence-corrected chi connectivity index (χ4v) is 4.23. The lowest BCUT2D eigenvalue weighted by Gasteiger charge is -2.28. The highest BCUT2D eigenvalue weighted by Crippen LogP contribution is 2.35. The molecule has 0 saturated carbocycles. The Morgan fingerprint density at radius 1 is 1.26 bits per heavy atom. The van der Waals surface area contributed by atoms with E-state index >= 15 is 0 Å². The van der Waals surface area contributed by atoms with Crippen LogP contribution in [0.3, 0.4) is 0 Å². The fourth-order valence-electron chi connectivity index (χ4n) is 4.23. The molecule has 160 valence electrons. The molecule has 2 heterocycles. The number of pyridine rings is 2. The van der Waals surface area contributed by atoms with Crippen molar-refractivity contribution in [3.05, 3.63) is 77.2 Å². The zero-order valence-corrected chi connectivity index (χ0v) is 18.3. The second-order valence-corrected chi connectivity index (χ2v) is 7.96. The summed E-state index contributed by atoms with van der Waals surface area (Å²) in [6.07, 6.45) is 6.63. The van der Waals surface area contributed by atoms with E-state index in [9.17, 15) is 4.79 Å². The van der Waals surface area contributed by atoms with Gasteiger partial charge in [-0.05, 0) is 67.6 Å². The van der Waals surface area contributed by atoms with E-state index < -0.39 is 0 Å². The van der Waals surface area contributed by atoms with Gasteiger partial charge in [0.1, 0.15) is 5.82 Å². The lowest BCUT2D eigenvalue weighted by atomic mass is 9.82. The molecule has 0 bridgehead atoms. The Bertz CT molecular complexity index is 1080. The van der Waals surface area contributed by atoms with Crippen LogP contribution in [0.2, 0.25) is 0 Å². The normalized spacial score (nSPS) is 15.1. The standard InChI is InChI=1S/C25H28N4O2/c1-17-6-4-9-24(28-17)29(2)20-10-11-21-18(14-20)7-5-8-19(21)15-27-23-16-26-13-12-22(23)25(30)31-3/h4,6,9-14,16,19,27H,5,7-8,15H2,1-3H3/t19-/m0/s1. The Morgan fingerprint density at radius 2 is 2.13 bits per heavy atom. The van der Waals surface area contributed by atoms with Crippen LogP contribution in [0.1, 0.15) is 45.9 Å². The monoisotopic (exact) mass is 416 g/mol. The van der Waals surface area contributed by atoms with Gasteiger partial charge >= 0.3 is 5.97 Å². The number of nitrogens with one attached hydrogen (secondary N) is 1. The number of nitrogens with zero attached hydrogens (tertiary/aromatic N) is 3. The third kappa shape index (κ3) is 4.53. The molecule has 1 atom stereocenters. The Morgan fingerprint density at radius 3 is 2.94 bits per heavy atom. The Balaban J connectivity index is 1.52. The van der Waals surface area contributed by atoms with Gasteiger partial charge in [0.2, 0.25) is 0 Å². The topological polar surface area (TPSA) is 67.3 Å². The first-order chi connectivity index (χ1) is 15.1. The summed E-state index contributed by atoms with van der Waals surface area (Å²) < 4.78 is 4.89. The molecule has 2 aromatic heterocycles. The fraction of sp³-hybridized carbons (Fsp3) is 0.320. The highest BCUT2D eigenvalue weighted by Gasteiger charge is 2.22. The van der Waals surface area contributed by atoms with E-state index in [4.69, 9.17) is 4.74 Å². The first kappa shape index (κ1) is 20.8. The number of methoxy groups -OCH3 is 1. The largest absolute Gasteiger partial charge is 0.465 e. The van der Waals surface area contributed by atoms with Crippen LogP contribution in [0.4, 0.5) is 17.2 Å². The highest BCUT2D eigenvalue weighted by atomic mass is 16.5. The minimum atomic E-state index is -0.355. The second-order valence-electron chi connectivity index (χ2n) is 7.96. The lowest BCUT2D eigenvalue weighted by molar-refractivity contribution is 0.0601. The molecule has 0 spiro atoms. The molecule has 0 radical (unpaired) electrons. The molecule has 1 N–H and O–H groups in total. The van der Waals surface area contributed by atoms with Gasteiger partial charge in [0.25, 0.3) is 0 Å². The van der Waals surface area contributed by atoms with Gasteiger partial charge in [0.05, 0.1) is 24.6 Å². The van der Waals surface area contributed by atoms with Gasteiger partial charge in [-0.2, -0.15) is 0 Å². The van der Waals surface area contributed by atoms with Crippen molar-refractivity contribution >= 4 is 23.2 Å². The SMILES string of the molecule is COC(=O)c1ccncc1NC[C@@H]1CCCc2cc(N(C)c3cccc(C)n3)ccc21. The first-order valence-electron chi connectivity index (χ1n) is 10.6. The predicted molar refractivity (Wildman–Crippen MR) is 123 cm³/mol. The molecule has 0 unspecified atom stereocenters. The van der Waals surface area contributed by atoms with Crippen LogP contribution in [-0.2, 0) is 11.2 Å². The summed E-state index contributed by atoms with van der Waals surface area (Å²) in [5, 5.41) is 3.42. The summed E-state index contributed by atoms with van der Waals surface area (Å²) in [6.45, 7) is 2.76. The van der Waals surface area contributed by atoms with E-state index in [1.807, 2.05) is 25.1 Å². The number of benzene rings is 1. The number of anilines is 3. The molecule has 0 amide bonds. The van der Waals surface area contributed by atoms with E-state index in [1.54, 1.807) is 18.5 Å². The summed E-state index contributed by atoms with van der Waals surface area (Å²) in [5.41, 5.74) is 6.13. The van der Waals surface area contributed by atoms with Gasteiger partial charge in [-0.1, -0.05) is 12.1 Å². The molecule has 6 nitrogen and oxygen atoms in total. The van der Waals surface area contributed by atoms with Crippen LogP contribution in [0.15, 0.2) is 54.9 Å². The number of carbonyl (C=O) groups excluding carboxylic acids is 1. The minimum absolute atomic E-state index is 0.355. The average Bonchev–Trinajstić information content (AvgIpc) is 2.81. The Kier molecular flexibility index (Phi) is 6.16. The van der Waals surface area contributed by atoms with Crippen LogP contribution in [0.25, 0.3) is 0 Å². The molecule has 4 rings (SSSR count). The third-order valence-corrected chi connectivity index (χ3v) is 5.93. The number of esters is 1. The molecular formula is C25H28N4O2. The zero-order chi connectivity index (χ0) is 21.8. The van der Waals surface area contributed by atoms with Gasteiger partial charge in [0, 0.05) is 37.1 Å². The molecule has 1 aliphatic rings. The molecule has 6 heteroatoms. The van der Waals surface area contributed by atoms with E-state index in [-0.39, 0.29) is 5.97 Å². The maximum absolute atomic E-state index is 12.0. The molecule has 1 aromatic carbocycles. The van der Waals surface area contributed by atoms with Crippen molar-refractivity contribution in [1.82, 2.24) is 9.97 Å². The van der Waals surface area contributed by atoms with E-state index in [0.717, 1.165) is 43.0 Å². The van der Waals surface area contributed by atoms with Crippen LogP contribution in [-0.4, -0.2) is 36.6 Å². The van der Waals surface area contributed by atoms with Crippen molar-refractivity contribution in [2.75, 3.05) is 30.9 Å². The number of ether oxygens (including phenoxy) is 1. The molecule has 0 saturated heterocycles. The minimum Gasteiger partial charge on any atom is -0.465 e. The Hall–Kier alpha value is -3.41. The molecule has 3 aromatic rings. The van der Waals surface area contributed by atoms with Crippen molar-refractivity contribution in [2.45, 2.75) is 32.1 Å². The third-order valence-electron chi connectivity index (χ3n) is 5.93. The number of hydrogen-bond donors (Lipinski definition) is 1. The smallest absolute Gasteiger partial charge is 0.340 e. The van der Waals surface area contributed by atoms with Crippen molar-refractivity contribution in [1.29, 1.82) is 0 Å². The number of rotatable bonds is 6. The molecule has 0 aliphatic heterocycles. The molecular weight excluding hydrogens is 388 g/mol. The first-order valence-corrected chi connectivity index (χ1v) is 10.6. The lowest BCUT2D eigenvalue weighted by Crippen LogP contribution is -2.20. The van der Waals surface area contributed by atoms with Crippen LogP contribution >= 0.6 is 0 Å². The summed E-state index contributed by atoms with van der Waals surface area (Å²) >= 11 is 0. The van der Waals surface area contributed by atoms with Gasteiger partial charge in [-0.15, -0.1) is 0 Å². The number of hydrogen-bond acceptors (Lipinski definition) is 6. The molecule has 31 heavy (non-hydrogen) atoms. The van der Waals surface area contributed by atoms with Crippen molar-refractivity contribution < 1.29 is 9.53 Å². The van der Waals surface area contributed by atoms with Crippen molar-refractivity contribution in [3.8, 4) is 0 Å². The summed E-state index contributed by atoms with van der Waals surface area (Å²) in [5.74, 6) is 0.971. The molecule has 1 aliphatic carbocycles. The van der Waals surface area contributed by atoms with Gasteiger partial charge in [-0.25, -0.2) is 9.78 Å². The average molecular weight is 417 g/mol. The van der Waals surface area contributed by atoms with Crippen molar-refractivity contribution in [3.63, 3.8) is 0 Å². The quantitative estimate of drug-likeness (QED) is 0.578.